The summed E-state index contributed by atoms with van der Waals surface area (Å²) in [6.07, 6.45) is 0. The van der Waals surface area contributed by atoms with Crippen LogP contribution in [0.2, 0.25) is 0 Å². The highest BCUT2D eigenvalue weighted by molar-refractivity contribution is 7.25. The average Bonchev–Trinajstić information content (AvgIpc) is 3.72. The van der Waals surface area contributed by atoms with Gasteiger partial charge in [0.05, 0.1) is 17.1 Å². The lowest BCUT2D eigenvalue weighted by Crippen LogP contribution is -2.24. The van der Waals surface area contributed by atoms with E-state index in [-0.39, 0.29) is 10.8 Å². The van der Waals surface area contributed by atoms with E-state index in [1.807, 2.05) is 11.3 Å². The molecule has 8 aromatic rings. The first kappa shape index (κ1) is 29.5. The monoisotopic (exact) mass is 659 g/mol. The van der Waals surface area contributed by atoms with Crippen molar-refractivity contribution in [1.82, 2.24) is 0 Å². The molecular weight excluding hydrogens is 623 g/mol. The summed E-state index contributed by atoms with van der Waals surface area (Å²) in [5.74, 6) is 0. The quantitative estimate of drug-likeness (QED) is 0.182. The summed E-state index contributed by atoms with van der Waals surface area (Å²) in [6, 6.07) is 56.7. The Morgan fingerprint density at radius 3 is 1.52 bits per heavy atom. The molecule has 0 unspecified atom stereocenters. The Morgan fingerprint density at radius 1 is 0.400 bits per heavy atom. The first-order valence-corrected chi connectivity index (χ1v) is 18.4. The number of hydrogen-bond acceptors (Lipinski definition) is 2. The van der Waals surface area contributed by atoms with Crippen molar-refractivity contribution in [3.05, 3.63) is 174 Å². The normalized spacial score (nSPS) is 14.7. The predicted octanol–water partition coefficient (Wildman–Crippen LogP) is 13.8. The summed E-state index contributed by atoms with van der Waals surface area (Å²) in [7, 11) is 0. The predicted molar refractivity (Wildman–Crippen MR) is 215 cm³/mol. The molecule has 2 aliphatic carbocycles. The Bertz CT molecular complexity index is 2560. The molecule has 0 amide bonds. The minimum absolute atomic E-state index is 0.180. The maximum atomic E-state index is 2.60. The van der Waals surface area contributed by atoms with Crippen LogP contribution in [0.5, 0.6) is 0 Å². The van der Waals surface area contributed by atoms with Crippen molar-refractivity contribution in [1.29, 1.82) is 0 Å². The van der Waals surface area contributed by atoms with Crippen LogP contribution in [-0.2, 0) is 10.8 Å². The second-order valence-corrected chi connectivity index (χ2v) is 16.0. The summed E-state index contributed by atoms with van der Waals surface area (Å²) in [6.45, 7) is 9.60. The molecule has 1 aromatic heterocycles. The van der Waals surface area contributed by atoms with Gasteiger partial charge in [0.1, 0.15) is 0 Å². The Balaban J connectivity index is 1.28. The van der Waals surface area contributed by atoms with E-state index in [9.17, 15) is 0 Å². The lowest BCUT2D eigenvalue weighted by Gasteiger charge is -2.36. The summed E-state index contributed by atoms with van der Waals surface area (Å²) in [4.78, 5) is 2.60. The molecule has 0 bridgehead atoms. The van der Waals surface area contributed by atoms with Crippen LogP contribution in [0.3, 0.4) is 0 Å². The molecule has 240 valence electrons. The van der Waals surface area contributed by atoms with Crippen molar-refractivity contribution < 1.29 is 0 Å². The molecule has 50 heavy (non-hydrogen) atoms. The topological polar surface area (TPSA) is 3.24 Å². The van der Waals surface area contributed by atoms with Gasteiger partial charge >= 0.3 is 0 Å². The van der Waals surface area contributed by atoms with Crippen LogP contribution in [0.15, 0.2) is 152 Å². The van der Waals surface area contributed by atoms with E-state index >= 15 is 0 Å². The average molecular weight is 660 g/mol. The number of benzene rings is 7. The molecule has 0 radical (unpaired) electrons. The van der Waals surface area contributed by atoms with Gasteiger partial charge in [-0.05, 0) is 86.5 Å². The third-order valence-electron chi connectivity index (χ3n) is 11.4. The first-order valence-electron chi connectivity index (χ1n) is 17.6. The fourth-order valence-corrected chi connectivity index (χ4v) is 10.3. The fraction of sp³-hybridized carbons (Fsp3) is 0.125. The fourth-order valence-electron chi connectivity index (χ4n) is 9.21. The van der Waals surface area contributed by atoms with Crippen LogP contribution in [0.25, 0.3) is 53.6 Å². The van der Waals surface area contributed by atoms with E-state index in [4.69, 9.17) is 0 Å². The zero-order chi connectivity index (χ0) is 33.8. The smallest absolute Gasteiger partial charge is 0.0540 e. The third kappa shape index (κ3) is 4.00. The molecule has 0 aliphatic heterocycles. The summed E-state index contributed by atoms with van der Waals surface area (Å²) >= 11 is 1.87. The van der Waals surface area contributed by atoms with Gasteiger partial charge in [0, 0.05) is 36.6 Å². The zero-order valence-electron chi connectivity index (χ0n) is 28.8. The Kier molecular flexibility index (Phi) is 6.21. The van der Waals surface area contributed by atoms with Gasteiger partial charge in [-0.2, -0.15) is 0 Å². The number of rotatable bonds is 4. The molecule has 2 aliphatic rings. The highest BCUT2D eigenvalue weighted by Crippen LogP contribution is 2.58. The number of nitrogens with zero attached hydrogens (tertiary/aromatic N) is 1. The van der Waals surface area contributed by atoms with Gasteiger partial charge in [-0.25, -0.2) is 0 Å². The second-order valence-electron chi connectivity index (χ2n) is 14.9. The number of hydrogen-bond donors (Lipinski definition) is 0. The van der Waals surface area contributed by atoms with Crippen LogP contribution in [0.4, 0.5) is 17.1 Å². The Hall–Kier alpha value is -5.44. The van der Waals surface area contributed by atoms with E-state index in [1.54, 1.807) is 0 Å². The third-order valence-corrected chi connectivity index (χ3v) is 12.6. The lowest BCUT2D eigenvalue weighted by molar-refractivity contribution is 0.656. The lowest BCUT2D eigenvalue weighted by atomic mass is 9.79. The largest absolute Gasteiger partial charge is 0.309 e. The molecule has 0 N–H and O–H groups in total. The molecular formula is C48H37NS. The van der Waals surface area contributed by atoms with E-state index < -0.39 is 0 Å². The standard InChI is InChI=1S/C48H37NS/c1-47(2)38-21-9-5-16-32(38)35-19-13-24-41(45(35)47)49(42-25-14-20-36-33-17-6-10-22-39(33)48(3,4)46(36)42)40-23-11-7-15-31(40)30-27-28-44-37(29-30)34-18-8-12-26-43(34)50-44/h5-29H,1-4H3. The molecule has 10 rings (SSSR count). The van der Waals surface area contributed by atoms with Crippen molar-refractivity contribution in [2.24, 2.45) is 0 Å². The van der Waals surface area contributed by atoms with Gasteiger partial charge in [-0.15, -0.1) is 11.3 Å². The van der Waals surface area contributed by atoms with Crippen molar-refractivity contribution in [2.75, 3.05) is 4.90 Å². The van der Waals surface area contributed by atoms with Gasteiger partial charge in [-0.3, -0.25) is 0 Å². The highest BCUT2D eigenvalue weighted by atomic mass is 32.1. The number of thiophene rings is 1. The van der Waals surface area contributed by atoms with E-state index in [1.165, 1.54) is 92.9 Å². The summed E-state index contributed by atoms with van der Waals surface area (Å²) in [5, 5.41) is 2.64. The van der Waals surface area contributed by atoms with Gasteiger partial charge in [-0.1, -0.05) is 143 Å². The van der Waals surface area contributed by atoms with E-state index in [2.05, 4.69) is 184 Å². The second kappa shape index (κ2) is 10.5. The van der Waals surface area contributed by atoms with E-state index in [0.717, 1.165) is 0 Å². The molecule has 0 saturated heterocycles. The van der Waals surface area contributed by atoms with Crippen LogP contribution >= 0.6 is 11.3 Å². The molecule has 0 saturated carbocycles. The molecule has 7 aromatic carbocycles. The molecule has 0 fully saturated rings. The van der Waals surface area contributed by atoms with Crippen LogP contribution in [0.1, 0.15) is 49.9 Å². The van der Waals surface area contributed by atoms with Gasteiger partial charge in [0.25, 0.3) is 0 Å². The van der Waals surface area contributed by atoms with Crippen molar-refractivity contribution >= 4 is 48.6 Å². The van der Waals surface area contributed by atoms with Crippen LogP contribution < -0.4 is 4.90 Å². The summed E-state index contributed by atoms with van der Waals surface area (Å²) in [5.41, 5.74) is 16.6. The zero-order valence-corrected chi connectivity index (χ0v) is 29.6. The van der Waals surface area contributed by atoms with Crippen LogP contribution in [-0.4, -0.2) is 0 Å². The van der Waals surface area contributed by atoms with Gasteiger partial charge < -0.3 is 4.90 Å². The van der Waals surface area contributed by atoms with Crippen molar-refractivity contribution in [2.45, 2.75) is 38.5 Å². The van der Waals surface area contributed by atoms with Gasteiger partial charge in [0.15, 0.2) is 0 Å². The van der Waals surface area contributed by atoms with E-state index in [0.29, 0.717) is 0 Å². The molecule has 0 spiro atoms. The SMILES string of the molecule is CC1(C)c2ccccc2-c2cccc(N(c3ccccc3-c3ccc4sc5ccccc5c4c3)c3cccc4c3C(C)(C)c3ccccc3-4)c21. The highest BCUT2D eigenvalue weighted by Gasteiger charge is 2.42. The van der Waals surface area contributed by atoms with Crippen molar-refractivity contribution in [3.8, 4) is 33.4 Å². The number of fused-ring (bicyclic) bond motifs is 9. The maximum Gasteiger partial charge on any atom is 0.0540 e. The first-order chi connectivity index (χ1) is 24.3. The minimum atomic E-state index is -0.180. The number of para-hydroxylation sites is 1. The maximum absolute atomic E-state index is 2.60. The van der Waals surface area contributed by atoms with Crippen LogP contribution in [0, 0.1) is 0 Å². The Morgan fingerprint density at radius 2 is 0.880 bits per heavy atom. The Labute approximate surface area is 298 Å². The van der Waals surface area contributed by atoms with Crippen molar-refractivity contribution in [3.63, 3.8) is 0 Å². The molecule has 2 heteroatoms. The molecule has 1 nitrogen and oxygen atoms in total. The molecule has 1 heterocycles. The molecule has 0 atom stereocenters. The summed E-state index contributed by atoms with van der Waals surface area (Å²) < 4.78 is 2.66. The number of anilines is 3. The van der Waals surface area contributed by atoms with Gasteiger partial charge in [0.2, 0.25) is 0 Å². The minimum Gasteiger partial charge on any atom is -0.309 e.